The number of allylic oxidation sites excluding steroid dienone is 5. The van der Waals surface area contributed by atoms with Gasteiger partial charge in [-0.1, -0.05) is 24.3 Å². The number of nitrogens with zero attached hydrogens (tertiary/aromatic N) is 1. The highest BCUT2D eigenvalue weighted by molar-refractivity contribution is 6.22. The second-order valence-electron chi connectivity index (χ2n) is 7.71. The van der Waals surface area contributed by atoms with Gasteiger partial charge in [0.1, 0.15) is 5.82 Å². The van der Waals surface area contributed by atoms with E-state index in [1.807, 2.05) is 13.0 Å². The van der Waals surface area contributed by atoms with E-state index in [4.69, 9.17) is 0 Å². The van der Waals surface area contributed by atoms with Crippen molar-refractivity contribution in [3.05, 3.63) is 81.9 Å². The molecule has 2 aliphatic heterocycles. The molecule has 0 aromatic heterocycles. The Morgan fingerprint density at radius 1 is 1.13 bits per heavy atom. The Kier molecular flexibility index (Phi) is 5.03. The van der Waals surface area contributed by atoms with Crippen LogP contribution in [0.25, 0.3) is 0 Å². The fourth-order valence-electron chi connectivity index (χ4n) is 3.83. The van der Waals surface area contributed by atoms with Crippen LogP contribution in [0.4, 0.5) is 0 Å². The van der Waals surface area contributed by atoms with Crippen molar-refractivity contribution in [2.75, 3.05) is 7.05 Å². The summed E-state index contributed by atoms with van der Waals surface area (Å²) >= 11 is 0. The zero-order chi connectivity index (χ0) is 21.4. The Labute approximate surface area is 175 Å². The summed E-state index contributed by atoms with van der Waals surface area (Å²) in [5, 5.41) is 2.85. The molecular formula is C23H24N4O3. The molecule has 0 unspecified atom stereocenters. The van der Waals surface area contributed by atoms with E-state index in [-0.39, 0.29) is 17.7 Å². The molecule has 7 nitrogen and oxygen atoms in total. The number of benzene rings is 1. The van der Waals surface area contributed by atoms with Crippen LogP contribution in [0.15, 0.2) is 59.6 Å². The van der Waals surface area contributed by atoms with Crippen molar-refractivity contribution in [1.29, 1.82) is 0 Å². The third kappa shape index (κ3) is 3.43. The second-order valence-corrected chi connectivity index (χ2v) is 7.71. The molecule has 7 heteroatoms. The van der Waals surface area contributed by atoms with Gasteiger partial charge >= 0.3 is 0 Å². The van der Waals surface area contributed by atoms with Crippen LogP contribution in [0, 0.1) is 6.92 Å². The lowest BCUT2D eigenvalue weighted by Crippen LogP contribution is -2.42. The molecule has 3 aliphatic rings. The number of hydrogen-bond donors (Lipinski definition) is 3. The van der Waals surface area contributed by atoms with Crippen molar-refractivity contribution >= 4 is 17.7 Å². The van der Waals surface area contributed by atoms with Crippen LogP contribution in [0.1, 0.15) is 57.5 Å². The molecule has 0 saturated heterocycles. The molecule has 0 bridgehead atoms. The number of carbonyl (C=O) groups is 3. The summed E-state index contributed by atoms with van der Waals surface area (Å²) in [4.78, 5) is 38.9. The number of fused-ring (bicyclic) bond motifs is 1. The Bertz CT molecular complexity index is 1080. The van der Waals surface area contributed by atoms with E-state index in [0.29, 0.717) is 22.5 Å². The van der Waals surface area contributed by atoms with Gasteiger partial charge in [0, 0.05) is 7.05 Å². The predicted molar refractivity (Wildman–Crippen MR) is 113 cm³/mol. The van der Waals surface area contributed by atoms with Crippen molar-refractivity contribution in [2.24, 2.45) is 0 Å². The third-order valence-corrected chi connectivity index (χ3v) is 5.54. The summed E-state index contributed by atoms with van der Waals surface area (Å²) in [6, 6.07) is 3.50. The lowest BCUT2D eigenvalue weighted by atomic mass is 9.90. The van der Waals surface area contributed by atoms with E-state index in [1.54, 1.807) is 25.1 Å². The highest BCUT2D eigenvalue weighted by Gasteiger charge is 2.37. The molecule has 3 N–H and O–H groups in total. The van der Waals surface area contributed by atoms with Crippen LogP contribution in [-0.4, -0.2) is 29.7 Å². The largest absolute Gasteiger partial charge is 0.311 e. The van der Waals surface area contributed by atoms with E-state index >= 15 is 0 Å². The zero-order valence-corrected chi connectivity index (χ0v) is 17.2. The van der Waals surface area contributed by atoms with Gasteiger partial charge in [-0.15, -0.1) is 0 Å². The molecule has 1 atom stereocenters. The summed E-state index contributed by atoms with van der Waals surface area (Å²) in [7, 11) is 1.46. The number of hydrogen-bond acceptors (Lipinski definition) is 5. The molecule has 0 fully saturated rings. The summed E-state index contributed by atoms with van der Waals surface area (Å²) in [5.41, 5.74) is 10.2. The highest BCUT2D eigenvalue weighted by atomic mass is 16.2. The maximum atomic E-state index is 12.9. The number of rotatable bonds is 4. The van der Waals surface area contributed by atoms with Gasteiger partial charge in [-0.05, 0) is 61.6 Å². The van der Waals surface area contributed by atoms with Gasteiger partial charge in [-0.2, -0.15) is 0 Å². The predicted octanol–water partition coefficient (Wildman–Crippen LogP) is 2.55. The molecule has 0 saturated carbocycles. The van der Waals surface area contributed by atoms with Crippen LogP contribution in [-0.2, 0) is 4.79 Å². The monoisotopic (exact) mass is 404 g/mol. The van der Waals surface area contributed by atoms with Crippen molar-refractivity contribution < 1.29 is 14.4 Å². The van der Waals surface area contributed by atoms with Crippen molar-refractivity contribution in [1.82, 2.24) is 21.1 Å². The fourth-order valence-corrected chi connectivity index (χ4v) is 3.83. The Balaban J connectivity index is 1.54. The van der Waals surface area contributed by atoms with E-state index in [9.17, 15) is 14.4 Å². The summed E-state index contributed by atoms with van der Waals surface area (Å²) in [6.07, 6.45) is 12.1. The van der Waals surface area contributed by atoms with Crippen LogP contribution in [0.3, 0.4) is 0 Å². The molecule has 1 aliphatic carbocycles. The van der Waals surface area contributed by atoms with E-state index in [0.717, 1.165) is 34.6 Å². The molecule has 4 rings (SSSR count). The summed E-state index contributed by atoms with van der Waals surface area (Å²) in [5.74, 6) is -1.08. The molecule has 1 aromatic carbocycles. The third-order valence-electron chi connectivity index (χ3n) is 5.54. The average molecular weight is 404 g/mol. The topological polar surface area (TPSA) is 90.5 Å². The van der Waals surface area contributed by atoms with Gasteiger partial charge < -0.3 is 5.32 Å². The standard InChI is InChI=1S/C23H24N4O3/c1-13-11-16(20-17(12-13)22(29)27(3)23(20)30)14(2)21(28)24-19-10-9-18(25-26-19)15-7-5-4-6-8-15/h5,7-12,14,25-26H,4,6H2,1-3H3,(H,24,28)/t14-/m0/s1. The SMILES string of the molecule is Cc1cc2c(c([C@H](C)C(=O)NC3=CC=C(C4=CCCC=C4)NN3)c1)C(=O)N(C)C2=O. The zero-order valence-electron chi connectivity index (χ0n) is 17.2. The first-order valence-corrected chi connectivity index (χ1v) is 9.95. The van der Waals surface area contributed by atoms with Gasteiger partial charge in [-0.25, -0.2) is 0 Å². The van der Waals surface area contributed by atoms with Crippen molar-refractivity contribution in [2.45, 2.75) is 32.6 Å². The first kappa shape index (κ1) is 19.7. The van der Waals surface area contributed by atoms with Gasteiger partial charge in [0.2, 0.25) is 5.91 Å². The minimum absolute atomic E-state index is 0.272. The quantitative estimate of drug-likeness (QED) is 0.671. The first-order chi connectivity index (χ1) is 14.4. The Morgan fingerprint density at radius 3 is 2.60 bits per heavy atom. The van der Waals surface area contributed by atoms with Crippen LogP contribution in [0.2, 0.25) is 0 Å². The molecule has 154 valence electrons. The molecule has 30 heavy (non-hydrogen) atoms. The Morgan fingerprint density at radius 2 is 1.93 bits per heavy atom. The molecule has 3 amide bonds. The molecular weight excluding hydrogens is 380 g/mol. The van der Waals surface area contributed by atoms with E-state index in [1.165, 1.54) is 7.05 Å². The lowest BCUT2D eigenvalue weighted by molar-refractivity contribution is -0.121. The minimum atomic E-state index is -0.612. The minimum Gasteiger partial charge on any atom is -0.311 e. The van der Waals surface area contributed by atoms with Crippen molar-refractivity contribution in [3.63, 3.8) is 0 Å². The molecule has 0 radical (unpaired) electrons. The fraction of sp³-hybridized carbons (Fsp3) is 0.261. The van der Waals surface area contributed by atoms with E-state index in [2.05, 4.69) is 34.4 Å². The smallest absolute Gasteiger partial charge is 0.261 e. The second kappa shape index (κ2) is 7.67. The lowest BCUT2D eigenvalue weighted by Gasteiger charge is -2.23. The number of nitrogens with one attached hydrogen (secondary N) is 3. The summed E-state index contributed by atoms with van der Waals surface area (Å²) in [6.45, 7) is 3.58. The van der Waals surface area contributed by atoms with E-state index < -0.39 is 5.92 Å². The number of amides is 3. The highest BCUT2D eigenvalue weighted by Crippen LogP contribution is 2.31. The summed E-state index contributed by atoms with van der Waals surface area (Å²) < 4.78 is 0. The van der Waals surface area contributed by atoms with Crippen molar-refractivity contribution in [3.8, 4) is 0 Å². The molecule has 0 spiro atoms. The van der Waals surface area contributed by atoms with Crippen LogP contribution in [0.5, 0.6) is 0 Å². The Hall–Kier alpha value is -3.61. The number of hydrazine groups is 1. The first-order valence-electron chi connectivity index (χ1n) is 9.95. The molecule has 1 aromatic rings. The maximum absolute atomic E-state index is 12.9. The number of imide groups is 1. The van der Waals surface area contributed by atoms with Gasteiger partial charge in [0.15, 0.2) is 0 Å². The average Bonchev–Trinajstić information content (AvgIpc) is 2.97. The van der Waals surface area contributed by atoms with Crippen LogP contribution >= 0.6 is 0 Å². The number of carbonyl (C=O) groups excluding carboxylic acids is 3. The van der Waals surface area contributed by atoms with Gasteiger partial charge in [0.05, 0.1) is 22.7 Å². The number of aryl methyl sites for hydroxylation is 1. The van der Waals surface area contributed by atoms with Gasteiger partial charge in [0.25, 0.3) is 11.8 Å². The van der Waals surface area contributed by atoms with Crippen LogP contribution < -0.4 is 16.2 Å². The van der Waals surface area contributed by atoms with Gasteiger partial charge in [-0.3, -0.25) is 30.1 Å². The normalized spacial score (nSPS) is 18.6. The maximum Gasteiger partial charge on any atom is 0.261 e. The molecule has 2 heterocycles.